The average molecular weight is 412 g/mol. The maximum Gasteiger partial charge on any atom is 0.273 e. The largest absolute Gasteiger partial charge is 0.490 e. The summed E-state index contributed by atoms with van der Waals surface area (Å²) >= 11 is 0. The van der Waals surface area contributed by atoms with Crippen LogP contribution in [0.3, 0.4) is 0 Å². The van der Waals surface area contributed by atoms with Crippen molar-refractivity contribution in [3.05, 3.63) is 65.3 Å². The Hall–Kier alpha value is -3.35. The molecule has 0 atom stereocenters. The van der Waals surface area contributed by atoms with E-state index in [-0.39, 0.29) is 23.1 Å². The highest BCUT2D eigenvalue weighted by atomic mass is 19.1. The predicted molar refractivity (Wildman–Crippen MR) is 111 cm³/mol. The average Bonchev–Trinajstić information content (AvgIpc) is 3.12. The highest BCUT2D eigenvalue weighted by Gasteiger charge is 2.19. The van der Waals surface area contributed by atoms with Crippen LogP contribution < -0.4 is 14.8 Å². The first-order chi connectivity index (χ1) is 14.5. The number of carbonyl (C=O) groups excluding carboxylic acids is 1. The van der Waals surface area contributed by atoms with Crippen molar-refractivity contribution >= 4 is 5.91 Å². The SMILES string of the molecule is CCOc1ccc(CCNC(=O)c2nc(-c3ccccc3F)oc2C)cc1OCC. The minimum absolute atomic E-state index is 0.0867. The fourth-order valence-corrected chi connectivity index (χ4v) is 3.01. The molecule has 0 aliphatic carbocycles. The van der Waals surface area contributed by atoms with Gasteiger partial charge in [0.05, 0.1) is 18.8 Å². The number of nitrogens with zero attached hydrogens (tertiary/aromatic N) is 1. The second-order valence-electron chi connectivity index (χ2n) is 6.56. The summed E-state index contributed by atoms with van der Waals surface area (Å²) in [7, 11) is 0. The van der Waals surface area contributed by atoms with E-state index >= 15 is 0 Å². The molecule has 0 unspecified atom stereocenters. The molecule has 1 amide bonds. The van der Waals surface area contributed by atoms with Gasteiger partial charge in [0, 0.05) is 6.54 Å². The number of aryl methyl sites for hydroxylation is 1. The summed E-state index contributed by atoms with van der Waals surface area (Å²) in [6.07, 6.45) is 0.606. The lowest BCUT2D eigenvalue weighted by molar-refractivity contribution is 0.0948. The molecule has 1 N–H and O–H groups in total. The van der Waals surface area contributed by atoms with Crippen LogP contribution in [0.4, 0.5) is 4.39 Å². The zero-order valence-electron chi connectivity index (χ0n) is 17.3. The monoisotopic (exact) mass is 412 g/mol. The third kappa shape index (κ3) is 4.97. The Morgan fingerprint density at radius 1 is 1.10 bits per heavy atom. The first-order valence-electron chi connectivity index (χ1n) is 9.92. The molecule has 0 fully saturated rings. The Kier molecular flexibility index (Phi) is 7.06. The van der Waals surface area contributed by atoms with Gasteiger partial charge in [0.2, 0.25) is 5.89 Å². The van der Waals surface area contributed by atoms with Crippen molar-refractivity contribution in [2.45, 2.75) is 27.2 Å². The van der Waals surface area contributed by atoms with E-state index in [4.69, 9.17) is 13.9 Å². The van der Waals surface area contributed by atoms with Crippen molar-refractivity contribution in [3.63, 3.8) is 0 Å². The second kappa shape index (κ2) is 9.91. The number of rotatable bonds is 9. The second-order valence-corrected chi connectivity index (χ2v) is 6.56. The molecular weight excluding hydrogens is 387 g/mol. The molecule has 3 aromatic rings. The van der Waals surface area contributed by atoms with Gasteiger partial charge in [-0.3, -0.25) is 4.79 Å². The van der Waals surface area contributed by atoms with Crippen molar-refractivity contribution in [1.29, 1.82) is 0 Å². The van der Waals surface area contributed by atoms with Gasteiger partial charge in [0.15, 0.2) is 17.2 Å². The lowest BCUT2D eigenvalue weighted by Gasteiger charge is -2.12. The predicted octanol–water partition coefficient (Wildman–Crippen LogP) is 4.56. The quantitative estimate of drug-likeness (QED) is 0.558. The van der Waals surface area contributed by atoms with Crippen LogP contribution >= 0.6 is 0 Å². The number of benzene rings is 2. The molecule has 7 heteroatoms. The number of amides is 1. The van der Waals surface area contributed by atoms with Gasteiger partial charge in [-0.15, -0.1) is 0 Å². The van der Waals surface area contributed by atoms with Crippen LogP contribution in [0.5, 0.6) is 11.5 Å². The van der Waals surface area contributed by atoms with Crippen LogP contribution in [-0.2, 0) is 6.42 Å². The first-order valence-corrected chi connectivity index (χ1v) is 9.92. The molecule has 0 bridgehead atoms. The summed E-state index contributed by atoms with van der Waals surface area (Å²) in [4.78, 5) is 16.7. The zero-order chi connectivity index (χ0) is 21.5. The molecule has 0 saturated carbocycles. The van der Waals surface area contributed by atoms with Gasteiger partial charge in [-0.25, -0.2) is 9.37 Å². The van der Waals surface area contributed by atoms with E-state index in [1.807, 2.05) is 32.0 Å². The standard InChI is InChI=1S/C23H25FN2O4/c1-4-28-19-11-10-16(14-20(19)29-5-2)12-13-25-22(27)21-15(3)30-23(26-21)17-8-6-7-9-18(17)24/h6-11,14H,4-5,12-13H2,1-3H3,(H,25,27). The molecule has 1 aromatic heterocycles. The number of nitrogens with one attached hydrogen (secondary N) is 1. The summed E-state index contributed by atoms with van der Waals surface area (Å²) < 4.78 is 30.7. The molecule has 3 rings (SSSR count). The van der Waals surface area contributed by atoms with Crippen molar-refractivity contribution < 1.29 is 23.1 Å². The molecule has 0 spiro atoms. The Labute approximate surface area is 175 Å². The fraction of sp³-hybridized carbons (Fsp3) is 0.304. The number of oxazole rings is 1. The highest BCUT2D eigenvalue weighted by molar-refractivity contribution is 5.93. The van der Waals surface area contributed by atoms with Crippen molar-refractivity contribution in [3.8, 4) is 23.0 Å². The van der Waals surface area contributed by atoms with Gasteiger partial charge in [-0.05, 0) is 57.0 Å². The third-order valence-corrected chi connectivity index (χ3v) is 4.42. The molecule has 0 aliphatic rings. The molecule has 1 heterocycles. The van der Waals surface area contributed by atoms with Crippen molar-refractivity contribution in [2.24, 2.45) is 0 Å². The number of halogens is 1. The van der Waals surface area contributed by atoms with Gasteiger partial charge in [0.1, 0.15) is 11.6 Å². The third-order valence-electron chi connectivity index (χ3n) is 4.42. The number of hydrogen-bond acceptors (Lipinski definition) is 5. The molecule has 6 nitrogen and oxygen atoms in total. The highest BCUT2D eigenvalue weighted by Crippen LogP contribution is 2.29. The number of ether oxygens (including phenoxy) is 2. The normalized spacial score (nSPS) is 10.7. The van der Waals surface area contributed by atoms with Crippen LogP contribution in [0.15, 0.2) is 46.9 Å². The number of aromatic nitrogens is 1. The molecular formula is C23H25FN2O4. The molecule has 158 valence electrons. The molecule has 0 saturated heterocycles. The summed E-state index contributed by atoms with van der Waals surface area (Å²) in [6, 6.07) is 11.9. The van der Waals surface area contributed by atoms with E-state index in [0.717, 1.165) is 5.56 Å². The number of hydrogen-bond donors (Lipinski definition) is 1. The van der Waals surface area contributed by atoms with E-state index in [1.165, 1.54) is 6.07 Å². The van der Waals surface area contributed by atoms with E-state index < -0.39 is 5.82 Å². The topological polar surface area (TPSA) is 73.6 Å². The summed E-state index contributed by atoms with van der Waals surface area (Å²) in [5.74, 6) is 0.992. The first kappa shape index (κ1) is 21.4. The Bertz CT molecular complexity index is 1020. The maximum atomic E-state index is 14.0. The van der Waals surface area contributed by atoms with E-state index in [2.05, 4.69) is 10.3 Å². The van der Waals surface area contributed by atoms with Crippen molar-refractivity contribution in [2.75, 3.05) is 19.8 Å². The fourth-order valence-electron chi connectivity index (χ4n) is 3.01. The van der Waals surface area contributed by atoms with Crippen LogP contribution in [0.1, 0.15) is 35.7 Å². The molecule has 2 aromatic carbocycles. The van der Waals surface area contributed by atoms with Crippen LogP contribution in [0.2, 0.25) is 0 Å². The van der Waals surface area contributed by atoms with Crippen LogP contribution in [0.25, 0.3) is 11.5 Å². The van der Waals surface area contributed by atoms with E-state index in [9.17, 15) is 9.18 Å². The zero-order valence-corrected chi connectivity index (χ0v) is 17.3. The van der Waals surface area contributed by atoms with Gasteiger partial charge >= 0.3 is 0 Å². The summed E-state index contributed by atoms with van der Waals surface area (Å²) in [5.41, 5.74) is 1.37. The minimum Gasteiger partial charge on any atom is -0.490 e. The molecule has 30 heavy (non-hydrogen) atoms. The summed E-state index contributed by atoms with van der Waals surface area (Å²) in [5, 5.41) is 2.83. The Balaban J connectivity index is 1.64. The summed E-state index contributed by atoms with van der Waals surface area (Å²) in [6.45, 7) is 6.96. The van der Waals surface area contributed by atoms with E-state index in [1.54, 1.807) is 25.1 Å². The maximum absolute atomic E-state index is 14.0. The van der Waals surface area contributed by atoms with Crippen molar-refractivity contribution in [1.82, 2.24) is 10.3 Å². The number of carbonyl (C=O) groups is 1. The van der Waals surface area contributed by atoms with Gasteiger partial charge < -0.3 is 19.2 Å². The smallest absolute Gasteiger partial charge is 0.273 e. The Morgan fingerprint density at radius 3 is 2.57 bits per heavy atom. The van der Waals surface area contributed by atoms with Crippen LogP contribution in [0, 0.1) is 12.7 Å². The van der Waals surface area contributed by atoms with Gasteiger partial charge in [0.25, 0.3) is 5.91 Å². The lowest BCUT2D eigenvalue weighted by atomic mass is 10.1. The van der Waals surface area contributed by atoms with Crippen LogP contribution in [-0.4, -0.2) is 30.6 Å². The van der Waals surface area contributed by atoms with Gasteiger partial charge in [-0.1, -0.05) is 18.2 Å². The van der Waals surface area contributed by atoms with Gasteiger partial charge in [-0.2, -0.15) is 0 Å². The lowest BCUT2D eigenvalue weighted by Crippen LogP contribution is -2.26. The molecule has 0 radical (unpaired) electrons. The van der Waals surface area contributed by atoms with E-state index in [0.29, 0.717) is 43.4 Å². The Morgan fingerprint density at radius 2 is 1.83 bits per heavy atom. The molecule has 0 aliphatic heterocycles. The minimum atomic E-state index is -0.452.